The van der Waals surface area contributed by atoms with Gasteiger partial charge in [0.2, 0.25) is 10.0 Å². The Morgan fingerprint density at radius 3 is 2.36 bits per heavy atom. The van der Waals surface area contributed by atoms with Gasteiger partial charge in [-0.25, -0.2) is 13.1 Å². The first-order valence-corrected chi connectivity index (χ1v) is 5.15. The van der Waals surface area contributed by atoms with Crippen LogP contribution in [0.3, 0.4) is 0 Å². The average molecular weight is 178 g/mol. The summed E-state index contributed by atoms with van der Waals surface area (Å²) in [5, 5.41) is 2.90. The minimum Gasteiger partial charge on any atom is -0.388 e. The molecule has 5 heteroatoms. The van der Waals surface area contributed by atoms with Crippen molar-refractivity contribution in [1.29, 1.82) is 0 Å². The Labute approximate surface area is 67.7 Å². The van der Waals surface area contributed by atoms with Gasteiger partial charge in [-0.15, -0.1) is 0 Å². The fraction of sp³-hybridized carbons (Fsp3) is 0.667. The van der Waals surface area contributed by atoms with Crippen LogP contribution in [0.15, 0.2) is 12.3 Å². The minimum atomic E-state index is -3.04. The molecule has 0 aromatic rings. The van der Waals surface area contributed by atoms with Crippen LogP contribution in [0, 0.1) is 0 Å². The van der Waals surface area contributed by atoms with E-state index in [2.05, 4.69) is 16.6 Å². The summed E-state index contributed by atoms with van der Waals surface area (Å²) in [5.41, 5.74) is 0.834. The summed E-state index contributed by atoms with van der Waals surface area (Å²) in [5.74, 6) is 0. The topological polar surface area (TPSA) is 58.2 Å². The molecule has 0 rings (SSSR count). The lowest BCUT2D eigenvalue weighted by Crippen LogP contribution is -2.30. The highest BCUT2D eigenvalue weighted by molar-refractivity contribution is 7.88. The summed E-state index contributed by atoms with van der Waals surface area (Å²) in [6.45, 7) is 6.39. The lowest BCUT2D eigenvalue weighted by atomic mass is 10.5. The summed E-state index contributed by atoms with van der Waals surface area (Å²) < 4.78 is 23.4. The fourth-order valence-electron chi connectivity index (χ4n) is 0.512. The van der Waals surface area contributed by atoms with E-state index in [1.54, 1.807) is 0 Å². The lowest BCUT2D eigenvalue weighted by molar-refractivity contribution is 0.586. The first-order chi connectivity index (χ1) is 4.92. The predicted molar refractivity (Wildman–Crippen MR) is 45.7 cm³/mol. The monoisotopic (exact) mass is 178 g/mol. The molecule has 0 aliphatic heterocycles. The zero-order chi connectivity index (χ0) is 8.91. The molecule has 0 spiro atoms. The molecule has 0 amide bonds. The van der Waals surface area contributed by atoms with Gasteiger partial charge in [0.15, 0.2) is 0 Å². The van der Waals surface area contributed by atoms with Crippen molar-refractivity contribution in [3.8, 4) is 0 Å². The average Bonchev–Trinajstić information content (AvgIpc) is 1.78. The largest absolute Gasteiger partial charge is 0.388 e. The Kier molecular flexibility index (Phi) is 4.14. The molecule has 0 saturated carbocycles. The van der Waals surface area contributed by atoms with E-state index in [-0.39, 0.29) is 0 Å². The number of nitrogens with one attached hydrogen (secondary N) is 2. The van der Waals surface area contributed by atoms with Crippen molar-refractivity contribution in [2.24, 2.45) is 0 Å². The van der Waals surface area contributed by atoms with Gasteiger partial charge in [0, 0.05) is 18.8 Å². The molecule has 0 aliphatic rings. The molecule has 0 bridgehead atoms. The SMILES string of the molecule is C=C(C)NCCNS(C)(=O)=O. The smallest absolute Gasteiger partial charge is 0.208 e. The first kappa shape index (κ1) is 10.4. The van der Waals surface area contributed by atoms with Gasteiger partial charge in [0.1, 0.15) is 0 Å². The second-order valence-corrected chi connectivity index (χ2v) is 4.21. The Morgan fingerprint density at radius 1 is 1.45 bits per heavy atom. The van der Waals surface area contributed by atoms with Crippen LogP contribution < -0.4 is 10.0 Å². The fourth-order valence-corrected chi connectivity index (χ4v) is 0.985. The van der Waals surface area contributed by atoms with Gasteiger partial charge in [-0.2, -0.15) is 0 Å². The van der Waals surface area contributed by atoms with Crippen LogP contribution in [0.5, 0.6) is 0 Å². The lowest BCUT2D eigenvalue weighted by Gasteiger charge is -2.04. The van der Waals surface area contributed by atoms with E-state index in [4.69, 9.17) is 0 Å². The quantitative estimate of drug-likeness (QED) is 0.566. The number of rotatable bonds is 5. The van der Waals surface area contributed by atoms with Crippen molar-refractivity contribution in [3.63, 3.8) is 0 Å². The van der Waals surface area contributed by atoms with E-state index in [0.29, 0.717) is 13.1 Å². The van der Waals surface area contributed by atoms with Crippen LogP contribution >= 0.6 is 0 Å². The zero-order valence-electron chi connectivity index (χ0n) is 6.85. The molecule has 0 saturated heterocycles. The summed E-state index contributed by atoms with van der Waals surface area (Å²) in [6, 6.07) is 0. The maximum absolute atomic E-state index is 10.5. The van der Waals surface area contributed by atoms with Gasteiger partial charge < -0.3 is 5.32 Å². The van der Waals surface area contributed by atoms with E-state index < -0.39 is 10.0 Å². The Balaban J connectivity index is 3.37. The van der Waals surface area contributed by atoms with Crippen LogP contribution in [-0.4, -0.2) is 27.8 Å². The summed E-state index contributed by atoms with van der Waals surface area (Å²) in [4.78, 5) is 0. The number of hydrogen-bond donors (Lipinski definition) is 2. The zero-order valence-corrected chi connectivity index (χ0v) is 7.66. The predicted octanol–water partition coefficient (Wildman–Crippen LogP) is -0.341. The summed E-state index contributed by atoms with van der Waals surface area (Å²) in [7, 11) is -3.04. The van der Waals surface area contributed by atoms with E-state index in [0.717, 1.165) is 12.0 Å². The molecule has 66 valence electrons. The van der Waals surface area contributed by atoms with Gasteiger partial charge >= 0.3 is 0 Å². The van der Waals surface area contributed by atoms with Crippen LogP contribution in [-0.2, 0) is 10.0 Å². The summed E-state index contributed by atoms with van der Waals surface area (Å²) in [6.07, 6.45) is 1.13. The first-order valence-electron chi connectivity index (χ1n) is 3.26. The highest BCUT2D eigenvalue weighted by Gasteiger charge is 1.97. The third-order valence-electron chi connectivity index (χ3n) is 0.916. The van der Waals surface area contributed by atoms with E-state index >= 15 is 0 Å². The molecule has 0 aromatic carbocycles. The van der Waals surface area contributed by atoms with Crippen LogP contribution in [0.1, 0.15) is 6.92 Å². The van der Waals surface area contributed by atoms with Crippen molar-refractivity contribution in [2.75, 3.05) is 19.3 Å². The van der Waals surface area contributed by atoms with Crippen molar-refractivity contribution in [3.05, 3.63) is 12.3 Å². The van der Waals surface area contributed by atoms with Gasteiger partial charge in [0.25, 0.3) is 0 Å². The molecular formula is C6H14N2O2S. The second-order valence-electron chi connectivity index (χ2n) is 2.37. The number of hydrogen-bond acceptors (Lipinski definition) is 3. The Bertz CT molecular complexity index is 221. The van der Waals surface area contributed by atoms with E-state index in [9.17, 15) is 8.42 Å². The summed E-state index contributed by atoms with van der Waals surface area (Å²) >= 11 is 0. The Morgan fingerprint density at radius 2 is 2.00 bits per heavy atom. The molecular weight excluding hydrogens is 164 g/mol. The molecule has 11 heavy (non-hydrogen) atoms. The van der Waals surface area contributed by atoms with Crippen LogP contribution in [0.2, 0.25) is 0 Å². The van der Waals surface area contributed by atoms with Crippen molar-refractivity contribution < 1.29 is 8.42 Å². The molecule has 4 nitrogen and oxygen atoms in total. The highest BCUT2D eigenvalue weighted by Crippen LogP contribution is 1.76. The minimum absolute atomic E-state index is 0.395. The van der Waals surface area contributed by atoms with Gasteiger partial charge in [-0.05, 0) is 6.92 Å². The maximum Gasteiger partial charge on any atom is 0.208 e. The standard InChI is InChI=1S/C6H14N2O2S/c1-6(2)7-4-5-8-11(3,9)10/h7-8H,1,4-5H2,2-3H3. The molecule has 0 heterocycles. The Hall–Kier alpha value is -0.550. The van der Waals surface area contributed by atoms with Crippen molar-refractivity contribution in [2.45, 2.75) is 6.92 Å². The second kappa shape index (κ2) is 4.35. The molecule has 0 aromatic heterocycles. The van der Waals surface area contributed by atoms with Gasteiger partial charge in [0.05, 0.1) is 6.26 Å². The number of sulfonamides is 1. The molecule has 0 aliphatic carbocycles. The van der Waals surface area contributed by atoms with Crippen molar-refractivity contribution >= 4 is 10.0 Å². The van der Waals surface area contributed by atoms with Gasteiger partial charge in [-0.3, -0.25) is 0 Å². The van der Waals surface area contributed by atoms with Crippen LogP contribution in [0.25, 0.3) is 0 Å². The van der Waals surface area contributed by atoms with Crippen molar-refractivity contribution in [1.82, 2.24) is 10.0 Å². The molecule has 0 fully saturated rings. The van der Waals surface area contributed by atoms with E-state index in [1.807, 2.05) is 6.92 Å². The molecule has 0 radical (unpaired) electrons. The third-order valence-corrected chi connectivity index (χ3v) is 1.64. The third kappa shape index (κ3) is 9.45. The van der Waals surface area contributed by atoms with E-state index in [1.165, 1.54) is 0 Å². The van der Waals surface area contributed by atoms with Crippen LogP contribution in [0.4, 0.5) is 0 Å². The highest BCUT2D eigenvalue weighted by atomic mass is 32.2. The maximum atomic E-state index is 10.5. The van der Waals surface area contributed by atoms with Gasteiger partial charge in [-0.1, -0.05) is 6.58 Å². The normalized spacial score (nSPS) is 11.1. The molecule has 2 N–H and O–H groups in total. The molecule has 0 atom stereocenters. The number of allylic oxidation sites excluding steroid dienone is 1. The molecule has 0 unspecified atom stereocenters.